The zero-order chi connectivity index (χ0) is 18.8. The van der Waals surface area contributed by atoms with E-state index in [-0.39, 0.29) is 5.91 Å². The molecule has 1 N–H and O–H groups in total. The molecule has 0 spiro atoms. The molecule has 0 radical (unpaired) electrons. The minimum absolute atomic E-state index is 0.190. The van der Waals surface area contributed by atoms with Gasteiger partial charge in [-0.3, -0.25) is 10.1 Å². The van der Waals surface area contributed by atoms with Gasteiger partial charge in [-0.15, -0.1) is 34.0 Å². The van der Waals surface area contributed by atoms with Crippen molar-refractivity contribution < 1.29 is 9.53 Å². The van der Waals surface area contributed by atoms with Crippen LogP contribution in [0.25, 0.3) is 21.1 Å². The number of rotatable bonds is 5. The zero-order valence-corrected chi connectivity index (χ0v) is 17.0. The van der Waals surface area contributed by atoms with Crippen molar-refractivity contribution in [3.05, 3.63) is 57.7 Å². The van der Waals surface area contributed by atoms with E-state index in [4.69, 9.17) is 4.74 Å². The predicted octanol–water partition coefficient (Wildman–Crippen LogP) is 5.56. The van der Waals surface area contributed by atoms with Gasteiger partial charge in [-0.2, -0.15) is 0 Å². The molecule has 4 aromatic rings. The van der Waals surface area contributed by atoms with Gasteiger partial charge in [0.15, 0.2) is 5.13 Å². The Bertz CT molecular complexity index is 1070. The van der Waals surface area contributed by atoms with E-state index in [0.29, 0.717) is 10.0 Å². The number of aromatic nitrogens is 2. The van der Waals surface area contributed by atoms with Crippen LogP contribution in [0.2, 0.25) is 0 Å². The van der Waals surface area contributed by atoms with Gasteiger partial charge in [0.05, 0.1) is 23.9 Å². The maximum absolute atomic E-state index is 12.6. The van der Waals surface area contributed by atoms with Gasteiger partial charge in [-0.1, -0.05) is 6.07 Å². The molecule has 4 rings (SSSR count). The van der Waals surface area contributed by atoms with Crippen LogP contribution >= 0.6 is 34.0 Å². The highest BCUT2D eigenvalue weighted by atomic mass is 32.1. The fourth-order valence-electron chi connectivity index (χ4n) is 2.52. The molecule has 5 nitrogen and oxygen atoms in total. The summed E-state index contributed by atoms with van der Waals surface area (Å²) in [5, 5.41) is 6.31. The number of nitrogens with one attached hydrogen (secondary N) is 1. The van der Waals surface area contributed by atoms with E-state index in [9.17, 15) is 4.79 Å². The molecule has 0 aliphatic heterocycles. The number of hydrogen-bond donors (Lipinski definition) is 1. The number of methoxy groups -OCH3 is 1. The molecule has 27 heavy (non-hydrogen) atoms. The lowest BCUT2D eigenvalue weighted by molar-refractivity contribution is 0.103. The second-order valence-corrected chi connectivity index (χ2v) is 8.79. The molecule has 1 aromatic carbocycles. The number of thiophene rings is 1. The average Bonchev–Trinajstić information content (AvgIpc) is 3.42. The summed E-state index contributed by atoms with van der Waals surface area (Å²) in [7, 11) is 1.64. The van der Waals surface area contributed by atoms with Crippen molar-refractivity contribution in [2.24, 2.45) is 0 Å². The smallest absolute Gasteiger partial charge is 0.269 e. The number of nitrogens with zero attached hydrogens (tertiary/aromatic N) is 2. The Morgan fingerprint density at radius 2 is 1.96 bits per heavy atom. The molecule has 0 unspecified atom stereocenters. The van der Waals surface area contributed by atoms with Crippen molar-refractivity contribution >= 4 is 45.0 Å². The third-order valence-corrected chi connectivity index (χ3v) is 6.76. The molecule has 0 atom stereocenters. The molecule has 0 bridgehead atoms. The Balaban J connectivity index is 1.52. The fourth-order valence-corrected chi connectivity index (χ4v) is 4.96. The van der Waals surface area contributed by atoms with E-state index in [1.54, 1.807) is 24.6 Å². The van der Waals surface area contributed by atoms with E-state index in [2.05, 4.69) is 15.3 Å². The average molecular weight is 414 g/mol. The summed E-state index contributed by atoms with van der Waals surface area (Å²) in [5.41, 5.74) is 1.85. The number of amides is 1. The van der Waals surface area contributed by atoms with Crippen LogP contribution in [0.15, 0.2) is 48.0 Å². The Morgan fingerprint density at radius 1 is 1.15 bits per heavy atom. The summed E-state index contributed by atoms with van der Waals surface area (Å²) in [4.78, 5) is 24.2. The standard InChI is InChI=1S/C19H15N3O2S3/c1-11-16(12-5-7-13(24-2)8-6-12)21-19(26-11)22-17(23)15-10-20-18(27-15)14-4-3-9-25-14/h3-10H,1-2H3,(H,21,22,23). The number of ether oxygens (including phenoxy) is 1. The van der Waals surface area contributed by atoms with E-state index >= 15 is 0 Å². The summed E-state index contributed by atoms with van der Waals surface area (Å²) >= 11 is 4.45. The van der Waals surface area contributed by atoms with E-state index in [0.717, 1.165) is 31.8 Å². The van der Waals surface area contributed by atoms with Crippen LogP contribution in [-0.4, -0.2) is 23.0 Å². The first-order valence-corrected chi connectivity index (χ1v) is 10.6. The van der Waals surface area contributed by atoms with Gasteiger partial charge in [0.25, 0.3) is 5.91 Å². The maximum Gasteiger partial charge on any atom is 0.269 e. The Hall–Kier alpha value is -2.55. The molecule has 0 fully saturated rings. The fraction of sp³-hybridized carbons (Fsp3) is 0.105. The van der Waals surface area contributed by atoms with Crippen molar-refractivity contribution in [1.82, 2.24) is 9.97 Å². The first kappa shape index (κ1) is 17.8. The van der Waals surface area contributed by atoms with Gasteiger partial charge in [-0.05, 0) is 42.6 Å². The molecule has 3 aromatic heterocycles. The highest BCUT2D eigenvalue weighted by molar-refractivity contribution is 7.22. The molecule has 0 saturated heterocycles. The molecule has 0 saturated carbocycles. The number of thiazole rings is 2. The zero-order valence-electron chi connectivity index (χ0n) is 14.6. The van der Waals surface area contributed by atoms with Crippen molar-refractivity contribution in [2.45, 2.75) is 6.92 Å². The third kappa shape index (κ3) is 3.78. The van der Waals surface area contributed by atoms with Crippen LogP contribution in [0, 0.1) is 6.92 Å². The molecule has 8 heteroatoms. The predicted molar refractivity (Wildman–Crippen MR) is 112 cm³/mol. The van der Waals surface area contributed by atoms with Gasteiger partial charge >= 0.3 is 0 Å². The number of anilines is 1. The topological polar surface area (TPSA) is 64.1 Å². The van der Waals surface area contributed by atoms with Gasteiger partial charge in [-0.25, -0.2) is 9.97 Å². The Kier molecular flexibility index (Phi) is 5.02. The molecule has 136 valence electrons. The Morgan fingerprint density at radius 3 is 2.67 bits per heavy atom. The maximum atomic E-state index is 12.6. The number of hydrogen-bond acceptors (Lipinski definition) is 7. The van der Waals surface area contributed by atoms with E-state index in [1.807, 2.05) is 48.7 Å². The summed E-state index contributed by atoms with van der Waals surface area (Å²) in [6.07, 6.45) is 1.61. The summed E-state index contributed by atoms with van der Waals surface area (Å²) in [6, 6.07) is 11.7. The quantitative estimate of drug-likeness (QED) is 0.465. The van der Waals surface area contributed by atoms with Crippen molar-refractivity contribution in [2.75, 3.05) is 12.4 Å². The summed E-state index contributed by atoms with van der Waals surface area (Å²) in [6.45, 7) is 1.99. The van der Waals surface area contributed by atoms with Crippen LogP contribution in [0.3, 0.4) is 0 Å². The van der Waals surface area contributed by atoms with Crippen molar-refractivity contribution in [3.63, 3.8) is 0 Å². The van der Waals surface area contributed by atoms with Crippen molar-refractivity contribution in [3.8, 4) is 26.9 Å². The van der Waals surface area contributed by atoms with Gasteiger partial charge < -0.3 is 4.74 Å². The van der Waals surface area contributed by atoms with Gasteiger partial charge in [0, 0.05) is 10.4 Å². The lowest BCUT2D eigenvalue weighted by Crippen LogP contribution is -2.09. The SMILES string of the molecule is COc1ccc(-c2nc(NC(=O)c3cnc(-c4cccs4)s3)sc2C)cc1. The molecular formula is C19H15N3O2S3. The lowest BCUT2D eigenvalue weighted by atomic mass is 10.1. The van der Waals surface area contributed by atoms with Crippen LogP contribution in [-0.2, 0) is 0 Å². The van der Waals surface area contributed by atoms with Crippen LogP contribution in [0.4, 0.5) is 5.13 Å². The highest BCUT2D eigenvalue weighted by Crippen LogP contribution is 2.33. The largest absolute Gasteiger partial charge is 0.497 e. The molecular weight excluding hydrogens is 398 g/mol. The number of carbonyl (C=O) groups is 1. The number of carbonyl (C=O) groups excluding carboxylic acids is 1. The first-order chi connectivity index (χ1) is 13.1. The third-order valence-electron chi connectivity index (χ3n) is 3.84. The van der Waals surface area contributed by atoms with E-state index < -0.39 is 0 Å². The number of benzene rings is 1. The van der Waals surface area contributed by atoms with Crippen LogP contribution in [0.1, 0.15) is 14.5 Å². The normalized spacial score (nSPS) is 10.7. The van der Waals surface area contributed by atoms with E-state index in [1.165, 1.54) is 22.7 Å². The van der Waals surface area contributed by atoms with Crippen LogP contribution in [0.5, 0.6) is 5.75 Å². The molecule has 0 aliphatic carbocycles. The molecule has 0 aliphatic rings. The second kappa shape index (κ2) is 7.59. The minimum Gasteiger partial charge on any atom is -0.497 e. The summed E-state index contributed by atoms with van der Waals surface area (Å²) < 4.78 is 5.19. The lowest BCUT2D eigenvalue weighted by Gasteiger charge is -2.01. The Labute approximate surface area is 168 Å². The molecule has 3 heterocycles. The molecule has 1 amide bonds. The summed E-state index contributed by atoms with van der Waals surface area (Å²) in [5.74, 6) is 0.609. The minimum atomic E-state index is -0.190. The highest BCUT2D eigenvalue weighted by Gasteiger charge is 2.16. The van der Waals surface area contributed by atoms with Gasteiger partial charge in [0.2, 0.25) is 0 Å². The second-order valence-electron chi connectivity index (χ2n) is 5.61. The first-order valence-electron chi connectivity index (χ1n) is 8.07. The van der Waals surface area contributed by atoms with Gasteiger partial charge in [0.1, 0.15) is 15.6 Å². The number of aryl methyl sites for hydroxylation is 1. The van der Waals surface area contributed by atoms with Crippen molar-refractivity contribution in [1.29, 1.82) is 0 Å². The van der Waals surface area contributed by atoms with Crippen LogP contribution < -0.4 is 10.1 Å². The monoisotopic (exact) mass is 413 g/mol.